The van der Waals surface area contributed by atoms with Crippen LogP contribution >= 0.6 is 35.8 Å². The molecular formula is C19H27Cl2N3OS. The summed E-state index contributed by atoms with van der Waals surface area (Å²) in [6.07, 6.45) is 6.86. The summed E-state index contributed by atoms with van der Waals surface area (Å²) in [6, 6.07) is 7.94. The minimum absolute atomic E-state index is 0. The van der Waals surface area contributed by atoms with E-state index in [0.717, 1.165) is 23.2 Å². The van der Waals surface area contributed by atoms with Crippen molar-refractivity contribution in [2.24, 2.45) is 4.99 Å². The van der Waals surface area contributed by atoms with E-state index in [1.54, 1.807) is 23.9 Å². The van der Waals surface area contributed by atoms with E-state index < -0.39 is 0 Å². The van der Waals surface area contributed by atoms with Gasteiger partial charge in [0.2, 0.25) is 5.91 Å². The highest BCUT2D eigenvalue weighted by atomic mass is 35.5. The zero-order valence-corrected chi connectivity index (χ0v) is 17.5. The largest absolute Gasteiger partial charge is 0.347 e. The lowest BCUT2D eigenvalue weighted by atomic mass is 9.96. The second-order valence-electron chi connectivity index (χ2n) is 6.71. The van der Waals surface area contributed by atoms with Gasteiger partial charge in [0.05, 0.1) is 6.04 Å². The van der Waals surface area contributed by atoms with Crippen LogP contribution in [0.3, 0.4) is 0 Å². The number of benzene rings is 1. The number of halogens is 2. The van der Waals surface area contributed by atoms with Gasteiger partial charge in [0.1, 0.15) is 0 Å². The number of nitrogens with zero attached hydrogens (tertiary/aromatic N) is 2. The average Bonchev–Trinajstić information content (AvgIpc) is 2.99. The van der Waals surface area contributed by atoms with Gasteiger partial charge < -0.3 is 10.2 Å². The summed E-state index contributed by atoms with van der Waals surface area (Å²) in [4.78, 5) is 19.7. The SMILES string of the molecule is CCN1/C(=N/C2CCCCC2)SCC1CC(=O)Nc1ccc(Cl)cc1.Cl. The van der Waals surface area contributed by atoms with E-state index in [1.807, 2.05) is 12.1 Å². The summed E-state index contributed by atoms with van der Waals surface area (Å²) in [5, 5.41) is 4.77. The number of nitrogens with one attached hydrogen (secondary N) is 1. The highest BCUT2D eigenvalue weighted by Gasteiger charge is 2.31. The third-order valence-corrected chi connectivity index (χ3v) is 6.25. The van der Waals surface area contributed by atoms with Gasteiger partial charge in [-0.05, 0) is 44.0 Å². The molecule has 1 aliphatic heterocycles. The Bertz CT molecular complexity index is 618. The molecule has 1 aromatic carbocycles. The Morgan fingerprint density at radius 3 is 2.62 bits per heavy atom. The van der Waals surface area contributed by atoms with Crippen LogP contribution in [0.25, 0.3) is 0 Å². The number of thioether (sulfide) groups is 1. The zero-order valence-electron chi connectivity index (χ0n) is 15.1. The first-order chi connectivity index (χ1) is 12.2. The molecule has 1 atom stereocenters. The fourth-order valence-corrected chi connectivity index (χ4v) is 4.93. The molecule has 4 nitrogen and oxygen atoms in total. The topological polar surface area (TPSA) is 44.7 Å². The number of amidine groups is 1. The van der Waals surface area contributed by atoms with Crippen LogP contribution in [0.1, 0.15) is 45.4 Å². The van der Waals surface area contributed by atoms with Gasteiger partial charge in [-0.1, -0.05) is 42.6 Å². The maximum absolute atomic E-state index is 12.4. The molecule has 26 heavy (non-hydrogen) atoms. The maximum atomic E-state index is 12.4. The van der Waals surface area contributed by atoms with Gasteiger partial charge in [-0.2, -0.15) is 0 Å². The van der Waals surface area contributed by atoms with Crippen LogP contribution in [0.5, 0.6) is 0 Å². The Morgan fingerprint density at radius 1 is 1.27 bits per heavy atom. The number of hydrogen-bond acceptors (Lipinski definition) is 3. The Balaban J connectivity index is 0.00000243. The van der Waals surface area contributed by atoms with Crippen molar-refractivity contribution >= 4 is 52.5 Å². The molecule has 0 radical (unpaired) electrons. The van der Waals surface area contributed by atoms with E-state index in [0.29, 0.717) is 17.5 Å². The standard InChI is InChI=1S/C19H26ClN3OS.ClH/c1-2-23-17(12-18(24)21-16-10-8-14(20)9-11-16)13-25-19(23)22-15-6-4-3-5-7-15;/h8-11,15,17H,2-7,12-13H2,1H3,(H,21,24);1H/b22-19-;. The number of aliphatic imine (C=N–C) groups is 1. The lowest BCUT2D eigenvalue weighted by Crippen LogP contribution is -2.37. The first-order valence-electron chi connectivity index (χ1n) is 9.18. The van der Waals surface area contributed by atoms with E-state index >= 15 is 0 Å². The molecule has 1 N–H and O–H groups in total. The van der Waals surface area contributed by atoms with Crippen LogP contribution in [-0.2, 0) is 4.79 Å². The number of amides is 1. The third kappa shape index (κ3) is 5.80. The molecule has 2 aliphatic rings. The first-order valence-corrected chi connectivity index (χ1v) is 10.5. The fourth-order valence-electron chi connectivity index (χ4n) is 3.50. The lowest BCUT2D eigenvalue weighted by Gasteiger charge is -2.26. The Morgan fingerprint density at radius 2 is 1.96 bits per heavy atom. The molecule has 144 valence electrons. The van der Waals surface area contributed by atoms with Gasteiger partial charge in [0.25, 0.3) is 0 Å². The van der Waals surface area contributed by atoms with E-state index in [9.17, 15) is 4.79 Å². The van der Waals surface area contributed by atoms with Crippen molar-refractivity contribution in [2.75, 3.05) is 17.6 Å². The van der Waals surface area contributed by atoms with Gasteiger partial charge in [0, 0.05) is 35.5 Å². The van der Waals surface area contributed by atoms with Gasteiger partial charge in [0.15, 0.2) is 5.17 Å². The maximum Gasteiger partial charge on any atom is 0.226 e. The Hall–Kier alpha value is -0.910. The van der Waals surface area contributed by atoms with Crippen molar-refractivity contribution in [3.8, 4) is 0 Å². The monoisotopic (exact) mass is 415 g/mol. The molecular weight excluding hydrogens is 389 g/mol. The van der Waals surface area contributed by atoms with Gasteiger partial charge in [-0.3, -0.25) is 9.79 Å². The van der Waals surface area contributed by atoms with Gasteiger partial charge in [-0.25, -0.2) is 0 Å². The summed E-state index contributed by atoms with van der Waals surface area (Å²) >= 11 is 7.69. The summed E-state index contributed by atoms with van der Waals surface area (Å²) < 4.78 is 0. The van der Waals surface area contributed by atoms with Crippen molar-refractivity contribution in [3.05, 3.63) is 29.3 Å². The van der Waals surface area contributed by atoms with E-state index in [4.69, 9.17) is 16.6 Å². The molecule has 1 saturated heterocycles. The summed E-state index contributed by atoms with van der Waals surface area (Å²) in [5.41, 5.74) is 0.791. The number of hydrogen-bond donors (Lipinski definition) is 1. The lowest BCUT2D eigenvalue weighted by molar-refractivity contribution is -0.116. The Labute approximate surface area is 171 Å². The van der Waals surface area contributed by atoms with Gasteiger partial charge in [-0.15, -0.1) is 12.4 Å². The molecule has 3 rings (SSSR count). The second-order valence-corrected chi connectivity index (χ2v) is 8.14. The molecule has 1 aromatic rings. The number of anilines is 1. The van der Waals surface area contributed by atoms with Crippen molar-refractivity contribution < 1.29 is 4.79 Å². The second kappa shape index (κ2) is 10.4. The molecule has 1 unspecified atom stereocenters. The molecule has 0 aromatic heterocycles. The van der Waals surface area contributed by atoms with Crippen molar-refractivity contribution in [3.63, 3.8) is 0 Å². The van der Waals surface area contributed by atoms with Crippen LogP contribution in [-0.4, -0.2) is 40.4 Å². The number of carbonyl (C=O) groups is 1. The highest BCUT2D eigenvalue weighted by Crippen LogP contribution is 2.29. The van der Waals surface area contributed by atoms with E-state index in [-0.39, 0.29) is 24.4 Å². The number of carbonyl (C=O) groups excluding carboxylic acids is 1. The minimum Gasteiger partial charge on any atom is -0.347 e. The highest BCUT2D eigenvalue weighted by molar-refractivity contribution is 8.14. The molecule has 1 amide bonds. The summed E-state index contributed by atoms with van der Waals surface area (Å²) in [7, 11) is 0. The summed E-state index contributed by atoms with van der Waals surface area (Å²) in [5.74, 6) is 0.984. The van der Waals surface area contributed by atoms with E-state index in [1.165, 1.54) is 32.1 Å². The molecule has 7 heteroatoms. The third-order valence-electron chi connectivity index (χ3n) is 4.85. The minimum atomic E-state index is 0. The Kier molecular flexibility index (Phi) is 8.58. The zero-order chi connectivity index (χ0) is 17.6. The molecule has 1 heterocycles. The molecule has 1 aliphatic carbocycles. The van der Waals surface area contributed by atoms with Crippen LogP contribution in [0.2, 0.25) is 5.02 Å². The van der Waals surface area contributed by atoms with Crippen molar-refractivity contribution in [1.82, 2.24) is 4.90 Å². The van der Waals surface area contributed by atoms with Crippen LogP contribution in [0.15, 0.2) is 29.3 Å². The first kappa shape index (κ1) is 21.4. The van der Waals surface area contributed by atoms with Crippen LogP contribution in [0.4, 0.5) is 5.69 Å². The van der Waals surface area contributed by atoms with E-state index in [2.05, 4.69) is 17.1 Å². The number of rotatable bonds is 5. The smallest absolute Gasteiger partial charge is 0.226 e. The average molecular weight is 416 g/mol. The van der Waals surface area contributed by atoms with Crippen LogP contribution in [0, 0.1) is 0 Å². The normalized spacial score (nSPS) is 22.3. The molecule has 1 saturated carbocycles. The summed E-state index contributed by atoms with van der Waals surface area (Å²) in [6.45, 7) is 3.05. The van der Waals surface area contributed by atoms with Crippen molar-refractivity contribution in [2.45, 2.75) is 57.5 Å². The molecule has 0 bridgehead atoms. The quantitative estimate of drug-likeness (QED) is 0.716. The van der Waals surface area contributed by atoms with Crippen molar-refractivity contribution in [1.29, 1.82) is 0 Å². The predicted octanol–water partition coefficient (Wildman–Crippen LogP) is 5.22. The molecule has 0 spiro atoms. The van der Waals surface area contributed by atoms with Crippen LogP contribution < -0.4 is 5.32 Å². The molecule has 2 fully saturated rings. The van der Waals surface area contributed by atoms with Gasteiger partial charge >= 0.3 is 0 Å². The fraction of sp³-hybridized carbons (Fsp3) is 0.579. The predicted molar refractivity (Wildman–Crippen MR) is 115 cm³/mol.